The Morgan fingerprint density at radius 3 is 2.79 bits per heavy atom. The summed E-state index contributed by atoms with van der Waals surface area (Å²) in [6, 6.07) is 8.39. The maximum absolute atomic E-state index is 13.1. The van der Waals surface area contributed by atoms with Crippen molar-refractivity contribution in [1.29, 1.82) is 0 Å². The monoisotopic (exact) mass is 384 g/mol. The number of fused-ring (bicyclic) bond motifs is 3. The Bertz CT molecular complexity index is 835. The SMILES string of the molecule is COCCc1nnc2n1CC1CCC(C2)N1C(=O)CCc1ccccc1OC. The lowest BCUT2D eigenvalue weighted by Crippen LogP contribution is -2.42. The number of para-hydroxylation sites is 1. The van der Waals surface area contributed by atoms with Crippen molar-refractivity contribution in [2.24, 2.45) is 0 Å². The predicted molar refractivity (Wildman–Crippen MR) is 104 cm³/mol. The summed E-state index contributed by atoms with van der Waals surface area (Å²) in [4.78, 5) is 15.3. The molecule has 1 aromatic carbocycles. The largest absolute Gasteiger partial charge is 0.496 e. The second-order valence-corrected chi connectivity index (χ2v) is 7.59. The number of amides is 1. The van der Waals surface area contributed by atoms with Crippen LogP contribution in [-0.2, 0) is 35.3 Å². The fourth-order valence-corrected chi connectivity index (χ4v) is 4.56. The third kappa shape index (κ3) is 3.63. The summed E-state index contributed by atoms with van der Waals surface area (Å²) >= 11 is 0. The van der Waals surface area contributed by atoms with Crippen LogP contribution in [0.5, 0.6) is 5.75 Å². The van der Waals surface area contributed by atoms with E-state index in [1.54, 1.807) is 14.2 Å². The highest BCUT2D eigenvalue weighted by atomic mass is 16.5. The van der Waals surface area contributed by atoms with E-state index in [1.807, 2.05) is 24.3 Å². The first kappa shape index (κ1) is 18.9. The first-order chi connectivity index (χ1) is 13.7. The number of carbonyl (C=O) groups excluding carboxylic acids is 1. The van der Waals surface area contributed by atoms with Crippen LogP contribution < -0.4 is 4.74 Å². The van der Waals surface area contributed by atoms with E-state index in [2.05, 4.69) is 19.7 Å². The fraction of sp³-hybridized carbons (Fsp3) is 0.571. The number of nitrogens with zero attached hydrogens (tertiary/aromatic N) is 4. The Balaban J connectivity index is 1.46. The fourth-order valence-electron chi connectivity index (χ4n) is 4.56. The van der Waals surface area contributed by atoms with E-state index in [-0.39, 0.29) is 18.0 Å². The van der Waals surface area contributed by atoms with Gasteiger partial charge in [0.1, 0.15) is 17.4 Å². The third-order valence-corrected chi connectivity index (χ3v) is 5.95. The van der Waals surface area contributed by atoms with Crippen molar-refractivity contribution in [2.75, 3.05) is 20.8 Å². The number of hydrogen-bond acceptors (Lipinski definition) is 5. The van der Waals surface area contributed by atoms with Gasteiger partial charge in [-0.25, -0.2) is 0 Å². The minimum absolute atomic E-state index is 0.230. The molecule has 2 unspecified atom stereocenters. The Kier molecular flexibility index (Phi) is 5.62. The molecule has 2 bridgehead atoms. The van der Waals surface area contributed by atoms with E-state index in [1.165, 1.54) is 0 Å². The molecule has 7 heteroatoms. The average Bonchev–Trinajstić information content (AvgIpc) is 3.23. The molecule has 0 spiro atoms. The van der Waals surface area contributed by atoms with Crippen LogP contribution in [0.4, 0.5) is 0 Å². The molecule has 0 aliphatic carbocycles. The van der Waals surface area contributed by atoms with Crippen LogP contribution in [0.25, 0.3) is 0 Å². The highest BCUT2D eigenvalue weighted by Gasteiger charge is 2.40. The minimum Gasteiger partial charge on any atom is -0.496 e. The quantitative estimate of drug-likeness (QED) is 0.731. The van der Waals surface area contributed by atoms with Gasteiger partial charge in [0.15, 0.2) is 0 Å². The van der Waals surface area contributed by atoms with Crippen LogP contribution in [0.2, 0.25) is 0 Å². The Hall–Kier alpha value is -2.41. The van der Waals surface area contributed by atoms with Crippen LogP contribution in [0.3, 0.4) is 0 Å². The van der Waals surface area contributed by atoms with Gasteiger partial charge >= 0.3 is 0 Å². The smallest absolute Gasteiger partial charge is 0.223 e. The molecule has 0 saturated carbocycles. The van der Waals surface area contributed by atoms with Crippen LogP contribution >= 0.6 is 0 Å². The van der Waals surface area contributed by atoms with E-state index >= 15 is 0 Å². The molecular weight excluding hydrogens is 356 g/mol. The maximum atomic E-state index is 13.1. The topological polar surface area (TPSA) is 69.5 Å². The van der Waals surface area contributed by atoms with Gasteiger partial charge in [0.05, 0.1) is 19.8 Å². The molecule has 150 valence electrons. The molecule has 1 fully saturated rings. The second-order valence-electron chi connectivity index (χ2n) is 7.59. The number of hydrogen-bond donors (Lipinski definition) is 0. The lowest BCUT2D eigenvalue weighted by molar-refractivity contribution is -0.134. The van der Waals surface area contributed by atoms with Gasteiger partial charge in [-0.1, -0.05) is 18.2 Å². The number of rotatable bonds is 7. The standard InChI is InChI=1S/C21H28N4O3/c1-27-12-11-19-22-23-20-13-16-8-9-17(14-24(19)20)25(16)21(26)10-7-15-5-3-4-6-18(15)28-2/h3-6,16-17H,7-14H2,1-2H3. The predicted octanol–water partition coefficient (Wildman–Crippen LogP) is 2.02. The van der Waals surface area contributed by atoms with E-state index < -0.39 is 0 Å². The zero-order valence-electron chi connectivity index (χ0n) is 16.6. The molecule has 0 N–H and O–H groups in total. The summed E-state index contributed by atoms with van der Waals surface area (Å²) in [7, 11) is 3.37. The van der Waals surface area contributed by atoms with Gasteiger partial charge in [-0.15, -0.1) is 10.2 Å². The molecule has 2 aromatic rings. The van der Waals surface area contributed by atoms with Crippen molar-refractivity contribution in [3.63, 3.8) is 0 Å². The van der Waals surface area contributed by atoms with Gasteiger partial charge in [-0.3, -0.25) is 4.79 Å². The molecule has 2 aliphatic heterocycles. The molecular formula is C21H28N4O3. The molecule has 2 atom stereocenters. The van der Waals surface area contributed by atoms with Crippen molar-refractivity contribution in [3.05, 3.63) is 41.5 Å². The maximum Gasteiger partial charge on any atom is 0.223 e. The number of carbonyl (C=O) groups is 1. The highest BCUT2D eigenvalue weighted by molar-refractivity contribution is 5.77. The number of aromatic nitrogens is 3. The van der Waals surface area contributed by atoms with Crippen molar-refractivity contribution in [3.8, 4) is 5.75 Å². The number of aryl methyl sites for hydroxylation is 1. The summed E-state index contributed by atoms with van der Waals surface area (Å²) in [6.45, 7) is 1.42. The molecule has 3 heterocycles. The number of ether oxygens (including phenoxy) is 2. The van der Waals surface area contributed by atoms with E-state index in [9.17, 15) is 4.79 Å². The van der Waals surface area contributed by atoms with E-state index in [0.717, 1.165) is 55.2 Å². The van der Waals surface area contributed by atoms with Crippen LogP contribution in [0.1, 0.15) is 36.5 Å². The zero-order chi connectivity index (χ0) is 19.5. The lowest BCUT2D eigenvalue weighted by atomic mass is 10.1. The molecule has 28 heavy (non-hydrogen) atoms. The molecule has 1 aromatic heterocycles. The summed E-state index contributed by atoms with van der Waals surface area (Å²) < 4.78 is 12.8. The summed E-state index contributed by atoms with van der Waals surface area (Å²) in [5.41, 5.74) is 1.08. The van der Waals surface area contributed by atoms with Gasteiger partial charge in [0.2, 0.25) is 5.91 Å². The van der Waals surface area contributed by atoms with Crippen molar-refractivity contribution >= 4 is 5.91 Å². The molecule has 0 radical (unpaired) electrons. The Morgan fingerprint density at radius 2 is 1.96 bits per heavy atom. The minimum atomic E-state index is 0.230. The normalized spacial score (nSPS) is 20.7. The van der Waals surface area contributed by atoms with Gasteiger partial charge < -0.3 is 18.9 Å². The Labute approximate surface area is 165 Å². The van der Waals surface area contributed by atoms with Crippen molar-refractivity contribution < 1.29 is 14.3 Å². The second kappa shape index (κ2) is 8.31. The molecule has 1 saturated heterocycles. The van der Waals surface area contributed by atoms with Gasteiger partial charge in [0, 0.05) is 39.0 Å². The van der Waals surface area contributed by atoms with Crippen molar-refractivity contribution in [2.45, 2.75) is 57.2 Å². The van der Waals surface area contributed by atoms with Gasteiger partial charge in [-0.2, -0.15) is 0 Å². The van der Waals surface area contributed by atoms with E-state index in [4.69, 9.17) is 9.47 Å². The van der Waals surface area contributed by atoms with Crippen LogP contribution in [0, 0.1) is 0 Å². The number of benzene rings is 1. The summed E-state index contributed by atoms with van der Waals surface area (Å²) in [5.74, 6) is 3.05. The first-order valence-corrected chi connectivity index (χ1v) is 10.0. The van der Waals surface area contributed by atoms with Crippen LogP contribution in [0.15, 0.2) is 24.3 Å². The molecule has 2 aliphatic rings. The average molecular weight is 384 g/mol. The molecule has 4 rings (SSSR count). The molecule has 1 amide bonds. The first-order valence-electron chi connectivity index (χ1n) is 10.0. The lowest BCUT2D eigenvalue weighted by Gasteiger charge is -2.28. The van der Waals surface area contributed by atoms with Crippen LogP contribution in [-0.4, -0.2) is 58.5 Å². The molecule has 7 nitrogen and oxygen atoms in total. The Morgan fingerprint density at radius 1 is 1.14 bits per heavy atom. The third-order valence-electron chi connectivity index (χ3n) is 5.95. The van der Waals surface area contributed by atoms with Gasteiger partial charge in [0.25, 0.3) is 0 Å². The summed E-state index contributed by atoms with van der Waals surface area (Å²) in [5, 5.41) is 8.76. The van der Waals surface area contributed by atoms with E-state index in [0.29, 0.717) is 19.4 Å². The highest BCUT2D eigenvalue weighted by Crippen LogP contribution is 2.32. The number of methoxy groups -OCH3 is 2. The summed E-state index contributed by atoms with van der Waals surface area (Å²) in [6.07, 6.45) is 4.84. The van der Waals surface area contributed by atoms with Crippen molar-refractivity contribution in [1.82, 2.24) is 19.7 Å². The van der Waals surface area contributed by atoms with Gasteiger partial charge in [-0.05, 0) is 30.9 Å². The zero-order valence-corrected chi connectivity index (χ0v) is 16.6.